The van der Waals surface area contributed by atoms with Gasteiger partial charge in [-0.1, -0.05) is 12.1 Å². The molecule has 4 aliphatic carbocycles. The number of carbonyl (C=O) groups is 1. The number of benzene rings is 1. The number of nitrogens with zero attached hydrogens (tertiary/aromatic N) is 1. The lowest BCUT2D eigenvalue weighted by atomic mass is 9.49. The number of hydrogen-bond donors (Lipinski definition) is 1. The smallest absolute Gasteiger partial charge is 0.326 e. The zero-order valence-electron chi connectivity index (χ0n) is 15.8. The third-order valence-electron chi connectivity index (χ3n) is 7.16. The van der Waals surface area contributed by atoms with Crippen LogP contribution in [0.1, 0.15) is 51.4 Å². The topological polar surface area (TPSA) is 64.1 Å². The summed E-state index contributed by atoms with van der Waals surface area (Å²) in [7, 11) is 0. The molecule has 1 aromatic carbocycles. The van der Waals surface area contributed by atoms with Crippen LogP contribution in [0.2, 0.25) is 0 Å². The zero-order chi connectivity index (χ0) is 18.4. The first-order valence-electron chi connectivity index (χ1n) is 10.4. The number of hydrogen-bond acceptors (Lipinski definition) is 3. The fourth-order valence-electron chi connectivity index (χ4n) is 6.60. The minimum Gasteiger partial charge on any atom is -0.466 e. The Morgan fingerprint density at radius 1 is 1.11 bits per heavy atom. The van der Waals surface area contributed by atoms with E-state index in [4.69, 9.17) is 4.74 Å². The number of esters is 1. The Bertz CT molecular complexity index is 874. The Hall–Kier alpha value is -2.04. The van der Waals surface area contributed by atoms with Gasteiger partial charge in [0.25, 0.3) is 0 Å². The number of para-hydroxylation sites is 2. The molecule has 0 aliphatic heterocycles. The van der Waals surface area contributed by atoms with Crippen LogP contribution in [0.5, 0.6) is 0 Å². The van der Waals surface area contributed by atoms with Gasteiger partial charge in [-0.2, -0.15) is 0 Å². The number of imidazole rings is 1. The first-order valence-corrected chi connectivity index (χ1v) is 10.4. The number of carbonyl (C=O) groups excluding carboxylic acids is 1. The average Bonchev–Trinajstić information content (AvgIpc) is 2.92. The summed E-state index contributed by atoms with van der Waals surface area (Å²) >= 11 is 0. The van der Waals surface area contributed by atoms with Gasteiger partial charge in [-0.25, -0.2) is 4.79 Å². The Labute approximate surface area is 159 Å². The van der Waals surface area contributed by atoms with Crippen LogP contribution in [0.4, 0.5) is 0 Å². The fraction of sp³-hybridized carbons (Fsp3) is 0.636. The van der Waals surface area contributed by atoms with Gasteiger partial charge in [0.2, 0.25) is 0 Å². The SMILES string of the molecule is O=C(CC12CC3CC(CC(C3)C1)C2)OCCCn1c(=O)[nH]c2ccccc21. The molecule has 5 heteroatoms. The fourth-order valence-corrected chi connectivity index (χ4v) is 6.60. The van der Waals surface area contributed by atoms with E-state index >= 15 is 0 Å². The molecule has 5 nitrogen and oxygen atoms in total. The second kappa shape index (κ2) is 6.54. The highest BCUT2D eigenvalue weighted by molar-refractivity contribution is 5.74. The number of aryl methyl sites for hydroxylation is 1. The van der Waals surface area contributed by atoms with Crippen LogP contribution in [0.3, 0.4) is 0 Å². The molecule has 27 heavy (non-hydrogen) atoms. The van der Waals surface area contributed by atoms with E-state index in [0.717, 1.165) is 28.8 Å². The van der Waals surface area contributed by atoms with E-state index in [1.54, 1.807) is 4.57 Å². The molecule has 4 aliphatic rings. The summed E-state index contributed by atoms with van der Waals surface area (Å²) < 4.78 is 7.29. The molecule has 0 amide bonds. The Morgan fingerprint density at radius 3 is 2.48 bits per heavy atom. The van der Waals surface area contributed by atoms with Crippen molar-refractivity contribution >= 4 is 17.0 Å². The molecule has 4 bridgehead atoms. The molecule has 0 saturated heterocycles. The molecule has 1 aromatic heterocycles. The first-order chi connectivity index (χ1) is 13.1. The van der Waals surface area contributed by atoms with E-state index in [-0.39, 0.29) is 17.1 Å². The Kier molecular flexibility index (Phi) is 4.14. The molecular formula is C22H28N2O3. The Balaban J connectivity index is 1.14. The minimum absolute atomic E-state index is 0.0387. The van der Waals surface area contributed by atoms with Crippen molar-refractivity contribution in [2.75, 3.05) is 6.61 Å². The van der Waals surface area contributed by atoms with E-state index < -0.39 is 0 Å². The van der Waals surface area contributed by atoms with Crippen molar-refractivity contribution in [3.05, 3.63) is 34.7 Å². The lowest BCUT2D eigenvalue weighted by Gasteiger charge is -2.56. The molecule has 144 valence electrons. The molecule has 0 spiro atoms. The van der Waals surface area contributed by atoms with E-state index in [1.807, 2.05) is 24.3 Å². The minimum atomic E-state index is -0.101. The maximum absolute atomic E-state index is 12.5. The van der Waals surface area contributed by atoms with E-state index in [1.165, 1.54) is 38.5 Å². The van der Waals surface area contributed by atoms with Crippen LogP contribution >= 0.6 is 0 Å². The predicted molar refractivity (Wildman–Crippen MR) is 103 cm³/mol. The molecule has 4 fully saturated rings. The summed E-state index contributed by atoms with van der Waals surface area (Å²) in [6, 6.07) is 7.68. The summed E-state index contributed by atoms with van der Waals surface area (Å²) in [6.07, 6.45) is 9.16. The molecule has 0 atom stereocenters. The molecule has 0 unspecified atom stereocenters. The summed E-state index contributed by atoms with van der Waals surface area (Å²) in [5.41, 5.74) is 1.89. The monoisotopic (exact) mass is 368 g/mol. The van der Waals surface area contributed by atoms with Gasteiger partial charge in [-0.15, -0.1) is 0 Å². The molecule has 4 saturated carbocycles. The maximum Gasteiger partial charge on any atom is 0.326 e. The van der Waals surface area contributed by atoms with Crippen LogP contribution in [-0.4, -0.2) is 22.1 Å². The first kappa shape index (κ1) is 17.1. The molecule has 2 aromatic rings. The van der Waals surface area contributed by atoms with Gasteiger partial charge in [0.1, 0.15) is 0 Å². The van der Waals surface area contributed by atoms with Gasteiger partial charge in [0.05, 0.1) is 24.1 Å². The second-order valence-corrected chi connectivity index (χ2v) is 9.27. The maximum atomic E-state index is 12.5. The largest absolute Gasteiger partial charge is 0.466 e. The highest BCUT2D eigenvalue weighted by atomic mass is 16.5. The number of fused-ring (bicyclic) bond motifs is 1. The van der Waals surface area contributed by atoms with Gasteiger partial charge in [0.15, 0.2) is 0 Å². The summed E-state index contributed by atoms with van der Waals surface area (Å²) in [5, 5.41) is 0. The van der Waals surface area contributed by atoms with Gasteiger partial charge in [0, 0.05) is 6.54 Å². The van der Waals surface area contributed by atoms with E-state index in [2.05, 4.69) is 4.98 Å². The number of H-pyrrole nitrogens is 1. The van der Waals surface area contributed by atoms with Crippen LogP contribution in [-0.2, 0) is 16.1 Å². The predicted octanol–water partition coefficient (Wildman–Crippen LogP) is 3.87. The number of rotatable bonds is 6. The van der Waals surface area contributed by atoms with Crippen molar-refractivity contribution in [3.8, 4) is 0 Å². The van der Waals surface area contributed by atoms with Crippen molar-refractivity contribution in [1.29, 1.82) is 0 Å². The van der Waals surface area contributed by atoms with Gasteiger partial charge in [-0.05, 0) is 80.2 Å². The molecule has 1 N–H and O–H groups in total. The van der Waals surface area contributed by atoms with Crippen molar-refractivity contribution in [2.24, 2.45) is 23.2 Å². The van der Waals surface area contributed by atoms with Crippen molar-refractivity contribution < 1.29 is 9.53 Å². The summed E-state index contributed by atoms with van der Waals surface area (Å²) in [5.74, 6) is 2.54. The van der Waals surface area contributed by atoms with Gasteiger partial charge >= 0.3 is 11.7 Å². The summed E-state index contributed by atoms with van der Waals surface area (Å²) in [6.45, 7) is 0.949. The van der Waals surface area contributed by atoms with Crippen LogP contribution in [0, 0.1) is 23.2 Å². The van der Waals surface area contributed by atoms with Crippen molar-refractivity contribution in [2.45, 2.75) is 57.9 Å². The second-order valence-electron chi connectivity index (χ2n) is 9.27. The Morgan fingerprint density at radius 2 is 1.78 bits per heavy atom. The van der Waals surface area contributed by atoms with Crippen LogP contribution in [0.15, 0.2) is 29.1 Å². The van der Waals surface area contributed by atoms with Crippen LogP contribution in [0.25, 0.3) is 11.0 Å². The molecule has 6 rings (SSSR count). The highest BCUT2D eigenvalue weighted by Gasteiger charge is 2.51. The lowest BCUT2D eigenvalue weighted by molar-refractivity contribution is -0.152. The number of ether oxygens (including phenoxy) is 1. The van der Waals surface area contributed by atoms with E-state index in [0.29, 0.717) is 26.0 Å². The highest BCUT2D eigenvalue weighted by Crippen LogP contribution is 2.61. The number of nitrogens with one attached hydrogen (secondary N) is 1. The van der Waals surface area contributed by atoms with Gasteiger partial charge in [-0.3, -0.25) is 9.36 Å². The van der Waals surface area contributed by atoms with Crippen molar-refractivity contribution in [1.82, 2.24) is 9.55 Å². The third kappa shape index (κ3) is 3.21. The standard InChI is InChI=1S/C22H28N2O3/c25-20(14-22-11-15-8-16(12-22)10-17(9-15)13-22)27-7-3-6-24-19-5-2-1-4-18(19)23-21(24)26/h1-2,4-5,15-17H,3,6-14H2,(H,23,26). The molecular weight excluding hydrogens is 340 g/mol. The normalized spacial score (nSPS) is 31.5. The quantitative estimate of drug-likeness (QED) is 0.622. The lowest BCUT2D eigenvalue weighted by Crippen LogP contribution is -2.47. The average molecular weight is 368 g/mol. The zero-order valence-corrected chi connectivity index (χ0v) is 15.8. The van der Waals surface area contributed by atoms with Gasteiger partial charge < -0.3 is 9.72 Å². The number of aromatic nitrogens is 2. The molecule has 1 heterocycles. The van der Waals surface area contributed by atoms with Crippen molar-refractivity contribution in [3.63, 3.8) is 0 Å². The third-order valence-corrected chi connectivity index (χ3v) is 7.16. The van der Waals surface area contributed by atoms with Crippen LogP contribution < -0.4 is 5.69 Å². The summed E-state index contributed by atoms with van der Waals surface area (Å²) in [4.78, 5) is 27.4. The molecule has 0 radical (unpaired) electrons. The number of aromatic amines is 1. The van der Waals surface area contributed by atoms with E-state index in [9.17, 15) is 9.59 Å².